The number of aromatic nitrogens is 3. The van der Waals surface area contributed by atoms with E-state index in [4.69, 9.17) is 9.47 Å². The van der Waals surface area contributed by atoms with Crippen LogP contribution in [0.25, 0.3) is 0 Å². The van der Waals surface area contributed by atoms with Gasteiger partial charge >= 0.3 is 0 Å². The highest BCUT2D eigenvalue weighted by atomic mass is 32.2. The molecule has 2 aromatic carbocycles. The second kappa shape index (κ2) is 9.28. The molecule has 1 aliphatic rings. The molecule has 29 heavy (non-hydrogen) atoms. The van der Waals surface area contributed by atoms with Gasteiger partial charge in [0.25, 0.3) is 0 Å². The first-order valence-corrected chi connectivity index (χ1v) is 10.5. The first-order valence-electron chi connectivity index (χ1n) is 9.49. The van der Waals surface area contributed by atoms with Crippen molar-refractivity contribution in [3.63, 3.8) is 0 Å². The normalized spacial score (nSPS) is 14.2. The number of methoxy groups -OCH3 is 1. The number of rotatable bonds is 7. The van der Waals surface area contributed by atoms with Crippen LogP contribution in [0.3, 0.4) is 0 Å². The third-order valence-corrected chi connectivity index (χ3v) is 5.80. The Bertz CT molecular complexity index is 945. The summed E-state index contributed by atoms with van der Waals surface area (Å²) in [6, 6.07) is 15.3. The van der Waals surface area contributed by atoms with E-state index in [1.165, 1.54) is 18.7 Å². The van der Waals surface area contributed by atoms with Crippen molar-refractivity contribution in [1.29, 1.82) is 0 Å². The zero-order valence-corrected chi connectivity index (χ0v) is 17.1. The number of hydrogen-bond donors (Lipinski definition) is 0. The van der Waals surface area contributed by atoms with Crippen LogP contribution in [-0.2, 0) is 17.0 Å². The fraction of sp³-hybridized carbons (Fsp3) is 0.333. The zero-order valence-electron chi connectivity index (χ0n) is 16.3. The summed E-state index contributed by atoms with van der Waals surface area (Å²) in [6.45, 7) is 3.64. The molecule has 0 atom stereocenters. The van der Waals surface area contributed by atoms with Crippen LogP contribution in [-0.4, -0.2) is 48.2 Å². The number of benzene rings is 2. The van der Waals surface area contributed by atoms with Crippen molar-refractivity contribution in [3.8, 4) is 5.75 Å². The predicted octanol–water partition coefficient (Wildman–Crippen LogP) is 3.60. The van der Waals surface area contributed by atoms with E-state index in [2.05, 4.69) is 31.8 Å². The smallest absolute Gasteiger partial charge is 0.228 e. The standard InChI is InChI=1S/C21H23FN4O2S/c1-27-19-8-7-17(13-18(19)22)15-29-21-24-23-20(25-9-11-28-12-10-25)26(21)14-16-5-3-2-4-6-16/h2-8,13H,9-12,14-15H2,1H3. The van der Waals surface area contributed by atoms with Gasteiger partial charge in [0.1, 0.15) is 0 Å². The first-order chi connectivity index (χ1) is 14.2. The highest BCUT2D eigenvalue weighted by Gasteiger charge is 2.21. The van der Waals surface area contributed by atoms with Gasteiger partial charge in [0.05, 0.1) is 26.9 Å². The average Bonchev–Trinajstić information content (AvgIpc) is 3.16. The Morgan fingerprint density at radius 1 is 1.07 bits per heavy atom. The summed E-state index contributed by atoms with van der Waals surface area (Å²) in [5.74, 6) is 1.34. The minimum absolute atomic E-state index is 0.251. The highest BCUT2D eigenvalue weighted by Crippen LogP contribution is 2.28. The fourth-order valence-corrected chi connectivity index (χ4v) is 4.11. The molecule has 0 spiro atoms. The molecule has 8 heteroatoms. The minimum Gasteiger partial charge on any atom is -0.494 e. The molecule has 0 radical (unpaired) electrons. The van der Waals surface area contributed by atoms with E-state index in [0.29, 0.717) is 25.5 Å². The van der Waals surface area contributed by atoms with Crippen molar-refractivity contribution >= 4 is 17.7 Å². The van der Waals surface area contributed by atoms with Gasteiger partial charge in [-0.2, -0.15) is 0 Å². The number of ether oxygens (including phenoxy) is 2. The molecule has 0 amide bonds. The van der Waals surface area contributed by atoms with Crippen molar-refractivity contribution in [2.24, 2.45) is 0 Å². The molecular formula is C21H23FN4O2S. The third kappa shape index (κ3) is 4.71. The quantitative estimate of drug-likeness (QED) is 0.551. The summed E-state index contributed by atoms with van der Waals surface area (Å²) in [5.41, 5.74) is 2.05. The Hall–Kier alpha value is -2.58. The highest BCUT2D eigenvalue weighted by molar-refractivity contribution is 7.98. The average molecular weight is 415 g/mol. The molecule has 0 saturated carbocycles. The van der Waals surface area contributed by atoms with E-state index in [-0.39, 0.29) is 11.6 Å². The van der Waals surface area contributed by atoms with Crippen molar-refractivity contribution in [2.75, 3.05) is 38.3 Å². The monoisotopic (exact) mass is 414 g/mol. The minimum atomic E-state index is -0.356. The van der Waals surface area contributed by atoms with Gasteiger partial charge in [-0.1, -0.05) is 48.2 Å². The molecule has 0 N–H and O–H groups in total. The Morgan fingerprint density at radius 2 is 1.86 bits per heavy atom. The molecule has 1 aromatic heterocycles. The van der Waals surface area contributed by atoms with Crippen LogP contribution in [0.15, 0.2) is 53.7 Å². The lowest BCUT2D eigenvalue weighted by Gasteiger charge is -2.28. The lowest BCUT2D eigenvalue weighted by molar-refractivity contribution is 0.121. The fourth-order valence-electron chi connectivity index (χ4n) is 3.24. The Kier molecular flexibility index (Phi) is 6.31. The summed E-state index contributed by atoms with van der Waals surface area (Å²) < 4.78 is 26.6. The molecular weight excluding hydrogens is 391 g/mol. The lowest BCUT2D eigenvalue weighted by atomic mass is 10.2. The van der Waals surface area contributed by atoms with Crippen molar-refractivity contribution < 1.29 is 13.9 Å². The SMILES string of the molecule is COc1ccc(CSc2nnc(N3CCOCC3)n2Cc2ccccc2)cc1F. The zero-order chi connectivity index (χ0) is 20.1. The van der Waals surface area contributed by atoms with Crippen LogP contribution >= 0.6 is 11.8 Å². The van der Waals surface area contributed by atoms with Crippen molar-refractivity contribution in [3.05, 3.63) is 65.5 Å². The molecule has 0 aliphatic carbocycles. The van der Waals surface area contributed by atoms with Crippen molar-refractivity contribution in [2.45, 2.75) is 17.5 Å². The van der Waals surface area contributed by atoms with Gasteiger partial charge in [-0.15, -0.1) is 10.2 Å². The van der Waals surface area contributed by atoms with E-state index in [9.17, 15) is 4.39 Å². The largest absolute Gasteiger partial charge is 0.494 e. The van der Waals surface area contributed by atoms with Crippen molar-refractivity contribution in [1.82, 2.24) is 14.8 Å². The molecule has 3 aromatic rings. The van der Waals surface area contributed by atoms with Gasteiger partial charge in [0.15, 0.2) is 16.7 Å². The topological polar surface area (TPSA) is 52.4 Å². The number of hydrogen-bond acceptors (Lipinski definition) is 6. The number of halogens is 1. The molecule has 1 aliphatic heterocycles. The van der Waals surface area contributed by atoms with Gasteiger partial charge < -0.3 is 14.4 Å². The summed E-state index contributed by atoms with van der Waals surface area (Å²) >= 11 is 1.55. The Morgan fingerprint density at radius 3 is 2.59 bits per heavy atom. The van der Waals surface area contributed by atoms with Crippen LogP contribution in [0.4, 0.5) is 10.3 Å². The number of thioether (sulfide) groups is 1. The third-order valence-electron chi connectivity index (χ3n) is 4.76. The molecule has 4 rings (SSSR count). The maximum absolute atomic E-state index is 14.0. The Balaban J connectivity index is 1.56. The lowest BCUT2D eigenvalue weighted by Crippen LogP contribution is -2.38. The Labute approximate surface area is 173 Å². The van der Waals surface area contributed by atoms with E-state index >= 15 is 0 Å². The van der Waals surface area contributed by atoms with Gasteiger partial charge in [0.2, 0.25) is 5.95 Å². The predicted molar refractivity (Wildman–Crippen MR) is 111 cm³/mol. The summed E-state index contributed by atoms with van der Waals surface area (Å²) in [5, 5.41) is 9.71. The number of anilines is 1. The molecule has 1 fully saturated rings. The van der Waals surface area contributed by atoms with Gasteiger partial charge in [-0.25, -0.2) is 4.39 Å². The van der Waals surface area contributed by atoms with E-state index in [1.54, 1.807) is 17.8 Å². The molecule has 0 bridgehead atoms. The van der Waals surface area contributed by atoms with Crippen LogP contribution < -0.4 is 9.64 Å². The molecule has 6 nitrogen and oxygen atoms in total. The first kappa shape index (κ1) is 19.7. The second-order valence-corrected chi connectivity index (χ2v) is 7.65. The molecule has 152 valence electrons. The number of nitrogens with zero attached hydrogens (tertiary/aromatic N) is 4. The number of morpholine rings is 1. The molecule has 1 saturated heterocycles. The van der Waals surface area contributed by atoms with Gasteiger partial charge in [0, 0.05) is 18.8 Å². The molecule has 2 heterocycles. The molecule has 0 unspecified atom stereocenters. The second-order valence-electron chi connectivity index (χ2n) is 6.71. The van der Waals surface area contributed by atoms with E-state index < -0.39 is 0 Å². The van der Waals surface area contributed by atoms with E-state index in [0.717, 1.165) is 29.8 Å². The van der Waals surface area contributed by atoms with Gasteiger partial charge in [-0.05, 0) is 23.3 Å². The summed E-state index contributed by atoms with van der Waals surface area (Å²) in [7, 11) is 1.46. The van der Waals surface area contributed by atoms with Crippen LogP contribution in [0.2, 0.25) is 0 Å². The summed E-state index contributed by atoms with van der Waals surface area (Å²) in [4.78, 5) is 2.20. The van der Waals surface area contributed by atoms with Crippen LogP contribution in [0, 0.1) is 5.82 Å². The van der Waals surface area contributed by atoms with Gasteiger partial charge in [-0.3, -0.25) is 4.57 Å². The van der Waals surface area contributed by atoms with Crippen LogP contribution in [0.1, 0.15) is 11.1 Å². The maximum atomic E-state index is 14.0. The van der Waals surface area contributed by atoms with Crippen LogP contribution in [0.5, 0.6) is 5.75 Å². The summed E-state index contributed by atoms with van der Waals surface area (Å²) in [6.07, 6.45) is 0. The van der Waals surface area contributed by atoms with E-state index in [1.807, 2.05) is 24.3 Å². The maximum Gasteiger partial charge on any atom is 0.228 e.